The molecule has 210 valence electrons. The van der Waals surface area contributed by atoms with E-state index in [0.717, 1.165) is 85.1 Å². The van der Waals surface area contributed by atoms with Crippen LogP contribution in [0.3, 0.4) is 0 Å². The van der Waals surface area contributed by atoms with E-state index in [1.807, 2.05) is 19.1 Å². The van der Waals surface area contributed by atoms with Gasteiger partial charge in [0.05, 0.1) is 26.4 Å². The first-order valence-corrected chi connectivity index (χ1v) is 13.8. The summed E-state index contributed by atoms with van der Waals surface area (Å²) >= 11 is 0. The van der Waals surface area contributed by atoms with Crippen molar-refractivity contribution < 1.29 is 28.4 Å². The van der Waals surface area contributed by atoms with Crippen LogP contribution < -0.4 is 0 Å². The Labute approximate surface area is 234 Å². The summed E-state index contributed by atoms with van der Waals surface area (Å²) in [6.45, 7) is 10.0. The molecule has 39 heavy (non-hydrogen) atoms. The summed E-state index contributed by atoms with van der Waals surface area (Å²) in [5.74, 6) is 5.00. The first kappa shape index (κ1) is 30.9. The minimum atomic E-state index is -0.162. The van der Waals surface area contributed by atoms with Gasteiger partial charge in [-0.3, -0.25) is 0 Å². The fourth-order valence-corrected chi connectivity index (χ4v) is 4.47. The number of rotatable bonds is 15. The maximum Gasteiger partial charge on any atom is 0.158 e. The molecule has 0 aromatic heterocycles. The van der Waals surface area contributed by atoms with Crippen LogP contribution in [0.5, 0.6) is 0 Å². The molecule has 1 aromatic rings. The minimum Gasteiger partial charge on any atom is -0.364 e. The lowest BCUT2D eigenvalue weighted by Crippen LogP contribution is -2.22. The molecule has 2 aliphatic rings. The van der Waals surface area contributed by atoms with Gasteiger partial charge in [0.2, 0.25) is 0 Å². The Kier molecular flexibility index (Phi) is 14.1. The van der Waals surface area contributed by atoms with Crippen molar-refractivity contribution in [3.8, 4) is 24.7 Å². The summed E-state index contributed by atoms with van der Waals surface area (Å²) in [6, 6.07) is 6.33. The molecular weight excluding hydrogens is 492 g/mol. The molecule has 0 spiro atoms. The Balaban J connectivity index is 1.78. The number of hydrogen-bond acceptors (Lipinski definition) is 6. The van der Waals surface area contributed by atoms with E-state index in [9.17, 15) is 0 Å². The van der Waals surface area contributed by atoms with Crippen molar-refractivity contribution in [2.75, 3.05) is 39.6 Å². The molecule has 2 fully saturated rings. The van der Waals surface area contributed by atoms with Crippen LogP contribution in [0.15, 0.2) is 48.1 Å². The van der Waals surface area contributed by atoms with Gasteiger partial charge in [-0.2, -0.15) is 0 Å². The van der Waals surface area contributed by atoms with Crippen molar-refractivity contribution in [2.45, 2.75) is 71.2 Å². The maximum atomic E-state index is 6.09. The van der Waals surface area contributed by atoms with Gasteiger partial charge < -0.3 is 28.4 Å². The lowest BCUT2D eigenvalue weighted by atomic mass is 9.99. The molecule has 2 unspecified atom stereocenters. The Hall–Kier alpha value is -2.68. The van der Waals surface area contributed by atoms with Crippen LogP contribution in [0.25, 0.3) is 5.57 Å². The lowest BCUT2D eigenvalue weighted by Gasteiger charge is -2.24. The third kappa shape index (κ3) is 11.9. The van der Waals surface area contributed by atoms with E-state index in [-0.39, 0.29) is 25.8 Å². The average Bonchev–Trinajstić information content (AvgIpc) is 2.96. The van der Waals surface area contributed by atoms with Crippen LogP contribution in [0.1, 0.15) is 62.1 Å². The molecule has 0 N–H and O–H groups in total. The summed E-state index contributed by atoms with van der Waals surface area (Å²) in [5.41, 5.74) is 5.85. The average molecular weight is 535 g/mol. The molecule has 0 radical (unpaired) electrons. The lowest BCUT2D eigenvalue weighted by molar-refractivity contribution is -0.169. The minimum absolute atomic E-state index is 0.162. The van der Waals surface area contributed by atoms with Crippen molar-refractivity contribution >= 4 is 5.57 Å². The summed E-state index contributed by atoms with van der Waals surface area (Å²) in [7, 11) is 0. The maximum absolute atomic E-state index is 6.09. The SMILES string of the molecule is C#CCOC/C(C)=C/C(=C\C(=C)c1cc(COC2CCCCO2)cc(COC2CCCCO2)c1)COCC#C. The molecule has 0 amide bonds. The molecule has 0 saturated carbocycles. The van der Waals surface area contributed by atoms with E-state index >= 15 is 0 Å². The molecule has 0 bridgehead atoms. The van der Waals surface area contributed by atoms with Crippen molar-refractivity contribution in [2.24, 2.45) is 0 Å². The quantitative estimate of drug-likeness (QED) is 0.157. The Morgan fingerprint density at radius 2 is 1.44 bits per heavy atom. The topological polar surface area (TPSA) is 55.4 Å². The number of hydrogen-bond donors (Lipinski definition) is 0. The second kappa shape index (κ2) is 17.8. The molecule has 6 heteroatoms. The van der Waals surface area contributed by atoms with Crippen molar-refractivity contribution in [1.82, 2.24) is 0 Å². The molecule has 2 aliphatic heterocycles. The normalized spacial score (nSPS) is 20.3. The second-order valence-corrected chi connectivity index (χ2v) is 9.88. The summed E-state index contributed by atoms with van der Waals surface area (Å²) in [5, 5.41) is 0. The highest BCUT2D eigenvalue weighted by molar-refractivity contribution is 5.74. The summed E-state index contributed by atoms with van der Waals surface area (Å²) in [4.78, 5) is 0. The number of ether oxygens (including phenoxy) is 6. The predicted octanol–water partition coefficient (Wildman–Crippen LogP) is 5.96. The molecule has 2 saturated heterocycles. The molecule has 0 aliphatic carbocycles. The largest absolute Gasteiger partial charge is 0.364 e. The summed E-state index contributed by atoms with van der Waals surface area (Å²) in [6.07, 6.45) is 20.6. The molecule has 2 heterocycles. The van der Waals surface area contributed by atoms with Crippen molar-refractivity contribution in [1.29, 1.82) is 0 Å². The summed E-state index contributed by atoms with van der Waals surface area (Å²) < 4.78 is 34.8. The second-order valence-electron chi connectivity index (χ2n) is 9.88. The highest BCUT2D eigenvalue weighted by atomic mass is 16.7. The third-order valence-electron chi connectivity index (χ3n) is 6.33. The van der Waals surface area contributed by atoms with E-state index in [1.54, 1.807) is 0 Å². The number of benzene rings is 1. The third-order valence-corrected chi connectivity index (χ3v) is 6.33. The standard InChI is InChI=1S/C33H42O6/c1-5-13-34-22-26(3)17-28(23-35-14-6-2)18-27(4)31-20-29(24-38-32-11-7-9-15-36-32)19-30(21-31)25-39-33-12-8-10-16-37-33/h1-2,17-21,32-33H,4,7-16,22-25H2,3H3/b26-17+,28-18+. The Morgan fingerprint density at radius 1 is 0.872 bits per heavy atom. The fraction of sp³-hybridized carbons (Fsp3) is 0.515. The van der Waals surface area contributed by atoms with Crippen LogP contribution in [0.4, 0.5) is 0 Å². The van der Waals surface area contributed by atoms with E-state index in [0.29, 0.717) is 26.4 Å². The monoisotopic (exact) mass is 534 g/mol. The molecule has 3 rings (SSSR count). The molecule has 1 aromatic carbocycles. The highest BCUT2D eigenvalue weighted by Crippen LogP contribution is 2.24. The van der Waals surface area contributed by atoms with Crippen LogP contribution in [0.2, 0.25) is 0 Å². The van der Waals surface area contributed by atoms with E-state index in [2.05, 4.69) is 36.6 Å². The van der Waals surface area contributed by atoms with Gasteiger partial charge >= 0.3 is 0 Å². The molecular formula is C33H42O6. The van der Waals surface area contributed by atoms with E-state index in [1.165, 1.54) is 0 Å². The zero-order valence-electron chi connectivity index (χ0n) is 23.3. The van der Waals surface area contributed by atoms with E-state index in [4.69, 9.17) is 41.3 Å². The number of allylic oxidation sites excluding steroid dienone is 2. The smallest absolute Gasteiger partial charge is 0.158 e. The Bertz CT molecular complexity index is 1000. The van der Waals surface area contributed by atoms with Crippen LogP contribution in [0, 0.1) is 24.7 Å². The first-order chi connectivity index (χ1) is 19.1. The van der Waals surface area contributed by atoms with Crippen LogP contribution in [-0.4, -0.2) is 52.2 Å². The van der Waals surface area contributed by atoms with Gasteiger partial charge in [0.15, 0.2) is 12.6 Å². The van der Waals surface area contributed by atoms with Gasteiger partial charge in [0.25, 0.3) is 0 Å². The van der Waals surface area contributed by atoms with Crippen LogP contribution >= 0.6 is 0 Å². The predicted molar refractivity (Wildman–Crippen MR) is 153 cm³/mol. The van der Waals surface area contributed by atoms with Gasteiger partial charge in [-0.1, -0.05) is 30.6 Å². The molecule has 6 nitrogen and oxygen atoms in total. The van der Waals surface area contributed by atoms with Crippen molar-refractivity contribution in [3.63, 3.8) is 0 Å². The van der Waals surface area contributed by atoms with Crippen molar-refractivity contribution in [3.05, 3.63) is 64.8 Å². The van der Waals surface area contributed by atoms with Gasteiger partial charge in [0, 0.05) is 13.2 Å². The van der Waals surface area contributed by atoms with Gasteiger partial charge in [0.1, 0.15) is 13.2 Å². The van der Waals surface area contributed by atoms with Gasteiger partial charge in [-0.15, -0.1) is 12.8 Å². The van der Waals surface area contributed by atoms with Gasteiger partial charge in [-0.05, 0) is 97.1 Å². The fourth-order valence-electron chi connectivity index (χ4n) is 4.47. The zero-order chi connectivity index (χ0) is 27.7. The zero-order valence-corrected chi connectivity index (χ0v) is 23.3. The first-order valence-electron chi connectivity index (χ1n) is 13.8. The Morgan fingerprint density at radius 3 is 1.95 bits per heavy atom. The molecule has 2 atom stereocenters. The highest BCUT2D eigenvalue weighted by Gasteiger charge is 2.16. The van der Waals surface area contributed by atoms with Gasteiger partial charge in [-0.25, -0.2) is 0 Å². The van der Waals surface area contributed by atoms with E-state index < -0.39 is 0 Å². The number of terminal acetylenes is 2. The van der Waals surface area contributed by atoms with Crippen LogP contribution in [-0.2, 0) is 41.6 Å².